The van der Waals surface area contributed by atoms with Crippen molar-refractivity contribution in [2.75, 3.05) is 32.1 Å². The third-order valence-corrected chi connectivity index (χ3v) is 9.75. The van der Waals surface area contributed by atoms with E-state index in [1.54, 1.807) is 72.8 Å². The quantitative estimate of drug-likeness (QED) is 0.0714. The largest absolute Gasteiger partial charge is 0.492 e. The zero-order valence-electron chi connectivity index (χ0n) is 25.8. The second-order valence-electron chi connectivity index (χ2n) is 11.2. The van der Waals surface area contributed by atoms with E-state index in [0.717, 1.165) is 18.4 Å². The number of para-hydroxylation sites is 2. The molecule has 1 aliphatic rings. The van der Waals surface area contributed by atoms with Gasteiger partial charge in [0.2, 0.25) is 10.0 Å². The van der Waals surface area contributed by atoms with Crippen LogP contribution in [0.2, 0.25) is 0 Å². The Morgan fingerprint density at radius 1 is 0.936 bits per heavy atom. The predicted octanol–water partition coefficient (Wildman–Crippen LogP) is 5.50. The molecule has 1 N–H and O–H groups in total. The van der Waals surface area contributed by atoms with Gasteiger partial charge in [0.05, 0.1) is 12.0 Å². The maximum atomic E-state index is 13.5. The van der Waals surface area contributed by atoms with E-state index in [-0.39, 0.29) is 42.7 Å². The first-order chi connectivity index (χ1) is 22.7. The van der Waals surface area contributed by atoms with Crippen LogP contribution in [-0.2, 0) is 26.0 Å². The van der Waals surface area contributed by atoms with E-state index < -0.39 is 32.6 Å². The summed E-state index contributed by atoms with van der Waals surface area (Å²) >= 11 is 0. The molecule has 0 aliphatic heterocycles. The zero-order valence-corrected chi connectivity index (χ0v) is 26.6. The van der Waals surface area contributed by atoms with Crippen LogP contribution < -0.4 is 10.1 Å². The van der Waals surface area contributed by atoms with Crippen molar-refractivity contribution in [3.05, 3.63) is 130 Å². The number of benzene rings is 4. The van der Waals surface area contributed by atoms with Gasteiger partial charge in [-0.2, -0.15) is 4.31 Å². The third-order valence-electron chi connectivity index (χ3n) is 7.83. The topological polar surface area (TPSA) is 145 Å². The SMILES string of the molecule is COC(=O)[C@H](Cc1ccc(OCCN(CC2CC2)S(=O)(=O)c2ccccc2[N+](=O)[O-])cc1)Nc1ccccc1C(=O)c1ccccc1. The van der Waals surface area contributed by atoms with Gasteiger partial charge in [0, 0.05) is 42.4 Å². The summed E-state index contributed by atoms with van der Waals surface area (Å²) in [4.78, 5) is 36.5. The molecule has 1 fully saturated rings. The molecular weight excluding hydrogens is 622 g/mol. The first-order valence-corrected chi connectivity index (χ1v) is 16.6. The summed E-state index contributed by atoms with van der Waals surface area (Å²) in [5, 5.41) is 14.7. The van der Waals surface area contributed by atoms with Crippen LogP contribution in [0.5, 0.6) is 5.75 Å². The molecule has 1 aliphatic carbocycles. The first kappa shape index (κ1) is 33.3. The Hall–Kier alpha value is -5.07. The summed E-state index contributed by atoms with van der Waals surface area (Å²) < 4.78 is 39.1. The molecule has 12 heteroatoms. The summed E-state index contributed by atoms with van der Waals surface area (Å²) in [5.74, 6) is 0.0309. The van der Waals surface area contributed by atoms with Crippen molar-refractivity contribution in [3.63, 3.8) is 0 Å². The number of methoxy groups -OCH3 is 1. The Balaban J connectivity index is 1.24. The second kappa shape index (κ2) is 15.0. The molecule has 4 aromatic rings. The average molecular weight is 658 g/mol. The lowest BCUT2D eigenvalue weighted by Crippen LogP contribution is -2.36. The molecule has 0 heterocycles. The number of ketones is 1. The highest BCUT2D eigenvalue weighted by molar-refractivity contribution is 7.89. The highest BCUT2D eigenvalue weighted by Gasteiger charge is 2.35. The number of carbonyl (C=O) groups excluding carboxylic acids is 2. The molecule has 11 nitrogen and oxygen atoms in total. The Kier molecular flexibility index (Phi) is 10.6. The van der Waals surface area contributed by atoms with Gasteiger partial charge >= 0.3 is 5.97 Å². The Labute approximate surface area is 273 Å². The molecule has 1 saturated carbocycles. The number of nitrogens with zero attached hydrogens (tertiary/aromatic N) is 2. The summed E-state index contributed by atoms with van der Waals surface area (Å²) in [6.45, 7) is 0.311. The number of esters is 1. The van der Waals surface area contributed by atoms with E-state index in [1.165, 1.54) is 35.7 Å². The van der Waals surface area contributed by atoms with E-state index in [0.29, 0.717) is 22.6 Å². The van der Waals surface area contributed by atoms with Crippen LogP contribution >= 0.6 is 0 Å². The summed E-state index contributed by atoms with van der Waals surface area (Å²) in [6.07, 6.45) is 2.06. The number of anilines is 1. The minimum atomic E-state index is -4.13. The number of ether oxygens (including phenoxy) is 2. The predicted molar refractivity (Wildman–Crippen MR) is 176 cm³/mol. The number of nitro groups is 1. The number of nitrogens with one attached hydrogen (secondary N) is 1. The number of hydrogen-bond acceptors (Lipinski definition) is 9. The average Bonchev–Trinajstić information content (AvgIpc) is 3.92. The van der Waals surface area contributed by atoms with Crippen LogP contribution in [0, 0.1) is 16.0 Å². The minimum Gasteiger partial charge on any atom is -0.492 e. The lowest BCUT2D eigenvalue weighted by Gasteiger charge is -2.22. The van der Waals surface area contributed by atoms with Crippen LogP contribution in [0.25, 0.3) is 0 Å². The van der Waals surface area contributed by atoms with E-state index in [1.807, 2.05) is 6.07 Å². The highest BCUT2D eigenvalue weighted by atomic mass is 32.2. The minimum absolute atomic E-state index is 0.0160. The van der Waals surface area contributed by atoms with Gasteiger partial charge in [-0.25, -0.2) is 13.2 Å². The van der Waals surface area contributed by atoms with Crippen LogP contribution in [-0.4, -0.2) is 62.2 Å². The molecule has 0 unspecified atom stereocenters. The molecule has 0 aromatic heterocycles. The zero-order chi connectivity index (χ0) is 33.4. The van der Waals surface area contributed by atoms with Crippen molar-refractivity contribution in [1.82, 2.24) is 4.31 Å². The molecular formula is C35H35N3O8S. The second-order valence-corrected chi connectivity index (χ2v) is 13.1. The van der Waals surface area contributed by atoms with Gasteiger partial charge in [0.25, 0.3) is 5.69 Å². The summed E-state index contributed by atoms with van der Waals surface area (Å²) in [7, 11) is -2.82. The van der Waals surface area contributed by atoms with Crippen molar-refractivity contribution in [1.29, 1.82) is 0 Å². The monoisotopic (exact) mass is 657 g/mol. The standard InChI is InChI=1S/C35H35N3O8S/c1-45-35(40)31(36-30-12-6-5-11-29(30)34(39)27-9-3-2-4-10-27)23-25-17-19-28(20-18-25)46-22-21-37(24-26-15-16-26)47(43,44)33-14-8-7-13-32(33)38(41)42/h2-14,17-20,26,31,36H,15-16,21-24H2,1H3/t31-/m0/s1. The van der Waals surface area contributed by atoms with E-state index in [4.69, 9.17) is 9.47 Å². The molecule has 1 atom stereocenters. The molecule has 0 bridgehead atoms. The molecule has 4 aromatic carbocycles. The molecule has 47 heavy (non-hydrogen) atoms. The Morgan fingerprint density at radius 2 is 1.60 bits per heavy atom. The van der Waals surface area contributed by atoms with Gasteiger partial charge in [-0.15, -0.1) is 0 Å². The third kappa shape index (κ3) is 8.40. The van der Waals surface area contributed by atoms with Crippen molar-refractivity contribution in [2.24, 2.45) is 5.92 Å². The van der Waals surface area contributed by atoms with Gasteiger partial charge < -0.3 is 14.8 Å². The van der Waals surface area contributed by atoms with Crippen molar-refractivity contribution >= 4 is 33.2 Å². The normalized spacial score (nSPS) is 13.5. The van der Waals surface area contributed by atoms with Crippen molar-refractivity contribution < 1.29 is 32.4 Å². The van der Waals surface area contributed by atoms with Gasteiger partial charge in [-0.1, -0.05) is 66.7 Å². The lowest BCUT2D eigenvalue weighted by atomic mass is 10.00. The number of rotatable bonds is 16. The van der Waals surface area contributed by atoms with Crippen LogP contribution in [0.15, 0.2) is 108 Å². The fourth-order valence-electron chi connectivity index (χ4n) is 5.16. The van der Waals surface area contributed by atoms with Gasteiger partial charge in [0.1, 0.15) is 18.4 Å². The summed E-state index contributed by atoms with van der Waals surface area (Å²) in [6, 6.07) is 27.4. The van der Waals surface area contributed by atoms with Gasteiger partial charge in [0.15, 0.2) is 10.7 Å². The van der Waals surface area contributed by atoms with Gasteiger partial charge in [-0.3, -0.25) is 14.9 Å². The van der Waals surface area contributed by atoms with E-state index in [2.05, 4.69) is 5.32 Å². The Bertz CT molecular complexity index is 1830. The fraction of sp³-hybridized carbons (Fsp3) is 0.257. The molecule has 0 radical (unpaired) electrons. The molecule has 244 valence electrons. The Morgan fingerprint density at radius 3 is 2.28 bits per heavy atom. The van der Waals surface area contributed by atoms with Crippen LogP contribution in [0.3, 0.4) is 0 Å². The fourth-order valence-corrected chi connectivity index (χ4v) is 6.82. The number of carbonyl (C=O) groups is 2. The number of nitro benzene ring substituents is 1. The van der Waals surface area contributed by atoms with Crippen LogP contribution in [0.4, 0.5) is 11.4 Å². The van der Waals surface area contributed by atoms with Crippen molar-refractivity contribution in [3.8, 4) is 5.75 Å². The summed E-state index contributed by atoms with van der Waals surface area (Å²) in [5.41, 5.74) is 1.79. The van der Waals surface area contributed by atoms with E-state index >= 15 is 0 Å². The molecule has 0 spiro atoms. The smallest absolute Gasteiger partial charge is 0.328 e. The van der Waals surface area contributed by atoms with Gasteiger partial charge in [-0.05, 0) is 54.7 Å². The highest BCUT2D eigenvalue weighted by Crippen LogP contribution is 2.33. The molecule has 5 rings (SSSR count). The molecule has 0 amide bonds. The molecule has 0 saturated heterocycles. The first-order valence-electron chi connectivity index (χ1n) is 15.2. The number of hydrogen-bond donors (Lipinski definition) is 1. The number of sulfonamides is 1. The maximum Gasteiger partial charge on any atom is 0.328 e. The van der Waals surface area contributed by atoms with Crippen molar-refractivity contribution in [2.45, 2.75) is 30.2 Å². The lowest BCUT2D eigenvalue weighted by molar-refractivity contribution is -0.387. The van der Waals surface area contributed by atoms with E-state index in [9.17, 15) is 28.1 Å². The van der Waals surface area contributed by atoms with Crippen LogP contribution in [0.1, 0.15) is 34.3 Å². The maximum absolute atomic E-state index is 13.5.